The van der Waals surface area contributed by atoms with Crippen molar-refractivity contribution < 1.29 is 9.53 Å². The van der Waals surface area contributed by atoms with Crippen LogP contribution in [0.2, 0.25) is 0 Å². The second-order valence-electron chi connectivity index (χ2n) is 5.22. The maximum atomic E-state index is 12.0. The van der Waals surface area contributed by atoms with Crippen molar-refractivity contribution in [2.24, 2.45) is 0 Å². The molecule has 0 aliphatic heterocycles. The molecule has 1 heterocycles. The van der Waals surface area contributed by atoms with Gasteiger partial charge in [-0.3, -0.25) is 0 Å². The first-order valence-corrected chi connectivity index (χ1v) is 7.69. The van der Waals surface area contributed by atoms with Crippen molar-refractivity contribution in [3.8, 4) is 17.3 Å². The number of carbonyl (C=O) groups is 1. The van der Waals surface area contributed by atoms with Gasteiger partial charge in [0.1, 0.15) is 11.6 Å². The number of ether oxygens (including phenoxy) is 1. The van der Waals surface area contributed by atoms with Crippen molar-refractivity contribution in [1.29, 1.82) is 5.26 Å². The van der Waals surface area contributed by atoms with Gasteiger partial charge >= 0.3 is 5.97 Å². The number of aromatic amines is 1. The highest BCUT2D eigenvalue weighted by molar-refractivity contribution is 6.04. The lowest BCUT2D eigenvalue weighted by molar-refractivity contribution is -0.137. The van der Waals surface area contributed by atoms with Crippen molar-refractivity contribution in [2.75, 3.05) is 6.61 Å². The summed E-state index contributed by atoms with van der Waals surface area (Å²) < 4.78 is 4.96. The van der Waals surface area contributed by atoms with Crippen LogP contribution < -0.4 is 0 Å². The lowest BCUT2D eigenvalue weighted by Crippen LogP contribution is -2.06. The van der Waals surface area contributed by atoms with Gasteiger partial charge in [-0.2, -0.15) is 5.26 Å². The highest BCUT2D eigenvalue weighted by Crippen LogP contribution is 2.32. The van der Waals surface area contributed by atoms with Gasteiger partial charge in [-0.25, -0.2) is 4.79 Å². The number of carbonyl (C=O) groups excluding carboxylic acids is 1. The van der Waals surface area contributed by atoms with Crippen LogP contribution in [0.15, 0.2) is 60.2 Å². The van der Waals surface area contributed by atoms with Gasteiger partial charge in [-0.15, -0.1) is 0 Å². The van der Waals surface area contributed by atoms with Gasteiger partial charge in [0.2, 0.25) is 0 Å². The number of hydrogen-bond donors (Lipinski definition) is 1. The van der Waals surface area contributed by atoms with E-state index < -0.39 is 5.97 Å². The number of esters is 1. The molecule has 0 radical (unpaired) electrons. The molecule has 0 saturated heterocycles. The van der Waals surface area contributed by atoms with Crippen LogP contribution in [-0.4, -0.2) is 17.6 Å². The molecule has 3 aromatic rings. The molecule has 0 unspecified atom stereocenters. The molecular formula is C20H16N2O2. The number of fused-ring (bicyclic) bond motifs is 1. The van der Waals surface area contributed by atoms with E-state index in [4.69, 9.17) is 4.74 Å². The lowest BCUT2D eigenvalue weighted by Gasteiger charge is -2.03. The highest BCUT2D eigenvalue weighted by Gasteiger charge is 2.15. The maximum absolute atomic E-state index is 12.0. The lowest BCUT2D eigenvalue weighted by atomic mass is 10.0. The van der Waals surface area contributed by atoms with Crippen molar-refractivity contribution in [1.82, 2.24) is 4.98 Å². The second kappa shape index (κ2) is 6.84. The Morgan fingerprint density at radius 2 is 1.88 bits per heavy atom. The maximum Gasteiger partial charge on any atom is 0.348 e. The Hall–Kier alpha value is -3.32. The Bertz CT molecular complexity index is 947. The molecule has 1 N–H and O–H groups in total. The van der Waals surface area contributed by atoms with Gasteiger partial charge in [0.25, 0.3) is 0 Å². The van der Waals surface area contributed by atoms with Crippen molar-refractivity contribution in [3.05, 3.63) is 65.7 Å². The molecule has 0 fully saturated rings. The van der Waals surface area contributed by atoms with E-state index in [1.54, 1.807) is 13.0 Å². The summed E-state index contributed by atoms with van der Waals surface area (Å²) in [6, 6.07) is 19.6. The first kappa shape index (κ1) is 15.6. The first-order chi connectivity index (χ1) is 11.7. The standard InChI is InChI=1S/C20H16N2O2/c1-2-24-20(23)15(13-21)12-17-16-10-6-7-11-18(16)22-19(17)14-8-4-3-5-9-14/h3-12,22H,2H2,1H3/b15-12-. The number of benzene rings is 2. The van der Waals surface area contributed by atoms with Gasteiger partial charge in [-0.05, 0) is 24.6 Å². The van der Waals surface area contributed by atoms with Gasteiger partial charge in [0.05, 0.1) is 12.3 Å². The van der Waals surface area contributed by atoms with Gasteiger partial charge in [-0.1, -0.05) is 48.5 Å². The molecule has 0 aliphatic rings. The number of nitrogens with zero attached hydrogens (tertiary/aromatic N) is 1. The molecule has 0 spiro atoms. The minimum Gasteiger partial charge on any atom is -0.462 e. The fourth-order valence-electron chi connectivity index (χ4n) is 2.64. The Kier molecular flexibility index (Phi) is 4.44. The van der Waals surface area contributed by atoms with E-state index in [-0.39, 0.29) is 12.2 Å². The average Bonchev–Trinajstić information content (AvgIpc) is 2.99. The largest absolute Gasteiger partial charge is 0.462 e. The fourth-order valence-corrected chi connectivity index (χ4v) is 2.64. The minimum atomic E-state index is -0.607. The summed E-state index contributed by atoms with van der Waals surface area (Å²) in [7, 11) is 0. The first-order valence-electron chi connectivity index (χ1n) is 7.69. The highest BCUT2D eigenvalue weighted by atomic mass is 16.5. The van der Waals surface area contributed by atoms with E-state index in [0.29, 0.717) is 0 Å². The van der Waals surface area contributed by atoms with Crippen molar-refractivity contribution in [2.45, 2.75) is 6.92 Å². The van der Waals surface area contributed by atoms with Gasteiger partial charge in [0.15, 0.2) is 0 Å². The van der Waals surface area contributed by atoms with Crippen LogP contribution in [0.25, 0.3) is 28.2 Å². The molecular weight excluding hydrogens is 300 g/mol. The van der Waals surface area contributed by atoms with E-state index in [1.165, 1.54) is 0 Å². The number of rotatable bonds is 4. The summed E-state index contributed by atoms with van der Waals surface area (Å²) in [5, 5.41) is 10.3. The molecule has 24 heavy (non-hydrogen) atoms. The summed E-state index contributed by atoms with van der Waals surface area (Å²) in [4.78, 5) is 15.3. The molecule has 4 nitrogen and oxygen atoms in total. The van der Waals surface area contributed by atoms with E-state index in [2.05, 4.69) is 4.98 Å². The van der Waals surface area contributed by atoms with Crippen LogP contribution in [0.4, 0.5) is 0 Å². The van der Waals surface area contributed by atoms with E-state index in [1.807, 2.05) is 60.7 Å². The SMILES string of the molecule is CCOC(=O)/C(C#N)=C\c1c(-c2ccccc2)[nH]c2ccccc12. The van der Waals surface area contributed by atoms with Crippen LogP contribution >= 0.6 is 0 Å². The van der Waals surface area contributed by atoms with Crippen LogP contribution in [-0.2, 0) is 9.53 Å². The second-order valence-corrected chi connectivity index (χ2v) is 5.22. The number of aromatic nitrogens is 1. The van der Waals surface area contributed by atoms with E-state index >= 15 is 0 Å². The third kappa shape index (κ3) is 2.92. The number of hydrogen-bond acceptors (Lipinski definition) is 3. The smallest absolute Gasteiger partial charge is 0.348 e. The predicted octanol–water partition coefficient (Wildman–Crippen LogP) is 4.30. The molecule has 0 atom stereocenters. The Morgan fingerprint density at radius 3 is 2.58 bits per heavy atom. The number of H-pyrrole nitrogens is 1. The normalized spacial score (nSPS) is 11.2. The summed E-state index contributed by atoms with van der Waals surface area (Å²) >= 11 is 0. The predicted molar refractivity (Wildman–Crippen MR) is 94.0 cm³/mol. The molecule has 0 amide bonds. The third-order valence-electron chi connectivity index (χ3n) is 3.71. The summed E-state index contributed by atoms with van der Waals surface area (Å²) in [6.07, 6.45) is 1.60. The zero-order valence-electron chi connectivity index (χ0n) is 13.2. The summed E-state index contributed by atoms with van der Waals surface area (Å²) in [6.45, 7) is 1.95. The molecule has 4 heteroatoms. The Morgan fingerprint density at radius 1 is 1.17 bits per heavy atom. The fraction of sp³-hybridized carbons (Fsp3) is 0.100. The molecule has 2 aromatic carbocycles. The molecule has 0 bridgehead atoms. The number of nitriles is 1. The van der Waals surface area contributed by atoms with Gasteiger partial charge in [0, 0.05) is 16.5 Å². The molecule has 0 aliphatic carbocycles. The van der Waals surface area contributed by atoms with Crippen LogP contribution in [0.1, 0.15) is 12.5 Å². The Labute approximate surface area is 140 Å². The monoisotopic (exact) mass is 316 g/mol. The zero-order chi connectivity index (χ0) is 16.9. The summed E-state index contributed by atoms with van der Waals surface area (Å²) in [5.74, 6) is -0.607. The molecule has 1 aromatic heterocycles. The van der Waals surface area contributed by atoms with Gasteiger partial charge < -0.3 is 9.72 Å². The quantitative estimate of drug-likeness (QED) is 0.443. The Balaban J connectivity index is 2.22. The number of nitrogens with one attached hydrogen (secondary N) is 1. The van der Waals surface area contributed by atoms with E-state index in [9.17, 15) is 10.1 Å². The zero-order valence-corrected chi connectivity index (χ0v) is 13.2. The molecule has 118 valence electrons. The van der Waals surface area contributed by atoms with Crippen LogP contribution in [0.5, 0.6) is 0 Å². The number of para-hydroxylation sites is 1. The van der Waals surface area contributed by atoms with Crippen LogP contribution in [0.3, 0.4) is 0 Å². The third-order valence-corrected chi connectivity index (χ3v) is 3.71. The minimum absolute atomic E-state index is 0.0150. The van der Waals surface area contributed by atoms with Crippen molar-refractivity contribution >= 4 is 22.9 Å². The van der Waals surface area contributed by atoms with Crippen LogP contribution in [0, 0.1) is 11.3 Å². The van der Waals surface area contributed by atoms with Crippen molar-refractivity contribution in [3.63, 3.8) is 0 Å². The average molecular weight is 316 g/mol. The molecule has 0 saturated carbocycles. The molecule has 3 rings (SSSR count). The topological polar surface area (TPSA) is 65.9 Å². The van der Waals surface area contributed by atoms with E-state index in [0.717, 1.165) is 27.7 Å². The summed E-state index contributed by atoms with van der Waals surface area (Å²) in [5.41, 5.74) is 3.60.